The van der Waals surface area contributed by atoms with Gasteiger partial charge in [-0.05, 0) is 4.79 Å². The van der Waals surface area contributed by atoms with Crippen LogP contribution in [-0.2, 0) is 0 Å². The van der Waals surface area contributed by atoms with Crippen molar-refractivity contribution in [3.8, 4) is 0 Å². The standard InChI is InChI=1S/C3H2N6O/c4-6-8-9-3(10)1-2-5-7-9/h1-2H. The molecule has 1 aromatic rings. The molecule has 1 rings (SSSR count). The molecule has 0 radical (unpaired) electrons. The Morgan fingerprint density at radius 3 is 3.20 bits per heavy atom. The van der Waals surface area contributed by atoms with E-state index in [-0.39, 0.29) is 0 Å². The van der Waals surface area contributed by atoms with E-state index in [2.05, 4.69) is 20.4 Å². The van der Waals surface area contributed by atoms with Gasteiger partial charge in [0.15, 0.2) is 0 Å². The third-order valence-corrected chi connectivity index (χ3v) is 0.742. The highest BCUT2D eigenvalue weighted by Gasteiger charge is 1.93. The molecule has 0 bridgehead atoms. The Bertz CT molecular complexity index is 322. The van der Waals surface area contributed by atoms with Crippen molar-refractivity contribution in [1.29, 1.82) is 0 Å². The number of aromatic nitrogens is 3. The van der Waals surface area contributed by atoms with Crippen molar-refractivity contribution in [1.82, 2.24) is 15.1 Å². The minimum atomic E-state index is -0.507. The molecule has 0 aliphatic carbocycles. The van der Waals surface area contributed by atoms with Gasteiger partial charge in [-0.15, -0.1) is 10.6 Å². The van der Waals surface area contributed by atoms with Crippen LogP contribution in [0.4, 0.5) is 0 Å². The first-order valence-corrected chi connectivity index (χ1v) is 2.31. The van der Waals surface area contributed by atoms with Gasteiger partial charge in [-0.25, -0.2) is 4.79 Å². The average Bonchev–Trinajstić information content (AvgIpc) is 1.94. The Morgan fingerprint density at radius 1 is 1.80 bits per heavy atom. The fraction of sp³-hybridized carbons (Fsp3) is 0. The molecule has 0 fully saturated rings. The van der Waals surface area contributed by atoms with Crippen LogP contribution in [-0.4, -0.2) is 15.1 Å². The van der Waals surface area contributed by atoms with Crippen LogP contribution in [0, 0.1) is 0 Å². The lowest BCUT2D eigenvalue weighted by Crippen LogP contribution is -2.17. The van der Waals surface area contributed by atoms with Crippen molar-refractivity contribution >= 4 is 0 Å². The predicted molar refractivity (Wildman–Crippen MR) is 30.8 cm³/mol. The second kappa shape index (κ2) is 2.60. The second-order valence-electron chi connectivity index (χ2n) is 1.33. The van der Waals surface area contributed by atoms with Gasteiger partial charge in [-0.2, -0.15) is 4.91 Å². The second-order valence-corrected chi connectivity index (χ2v) is 1.33. The Labute approximate surface area is 54.5 Å². The minimum absolute atomic E-state index is 0.507. The van der Waals surface area contributed by atoms with Gasteiger partial charge < -0.3 is 0 Å². The maximum atomic E-state index is 10.6. The molecule has 7 nitrogen and oxygen atoms in total. The van der Waals surface area contributed by atoms with E-state index < -0.39 is 5.56 Å². The normalized spacial score (nSPS) is 8.40. The maximum Gasteiger partial charge on any atom is 0.365 e. The van der Waals surface area contributed by atoms with Crippen LogP contribution in [0.3, 0.4) is 0 Å². The van der Waals surface area contributed by atoms with Crippen LogP contribution in [0.1, 0.15) is 0 Å². The van der Waals surface area contributed by atoms with Crippen LogP contribution >= 0.6 is 0 Å². The van der Waals surface area contributed by atoms with Gasteiger partial charge in [0.1, 0.15) is 0 Å². The van der Waals surface area contributed by atoms with E-state index in [4.69, 9.17) is 5.53 Å². The van der Waals surface area contributed by atoms with Gasteiger partial charge in [-0.1, -0.05) is 0 Å². The van der Waals surface area contributed by atoms with Gasteiger partial charge >= 0.3 is 5.56 Å². The molecule has 0 atom stereocenters. The van der Waals surface area contributed by atoms with E-state index in [9.17, 15) is 4.79 Å². The Hall–Kier alpha value is -1.88. The molecule has 50 valence electrons. The summed E-state index contributed by atoms with van der Waals surface area (Å²) in [5.41, 5.74) is 7.37. The van der Waals surface area contributed by atoms with E-state index in [1.54, 1.807) is 0 Å². The molecule has 0 amide bonds. The summed E-state index contributed by atoms with van der Waals surface area (Å²) in [6.45, 7) is 0. The monoisotopic (exact) mass is 138 g/mol. The molecule has 0 N–H and O–H groups in total. The highest BCUT2D eigenvalue weighted by atomic mass is 16.1. The zero-order valence-electron chi connectivity index (χ0n) is 4.75. The quantitative estimate of drug-likeness (QED) is 0.303. The minimum Gasteiger partial charge on any atom is -0.238 e. The van der Waals surface area contributed by atoms with E-state index >= 15 is 0 Å². The van der Waals surface area contributed by atoms with Crippen LogP contribution in [0.15, 0.2) is 22.3 Å². The molecular formula is C3H2N6O. The summed E-state index contributed by atoms with van der Waals surface area (Å²) in [6, 6.07) is 1.14. The summed E-state index contributed by atoms with van der Waals surface area (Å²) in [5.74, 6) is 0. The van der Waals surface area contributed by atoms with Gasteiger partial charge in [0.25, 0.3) is 0 Å². The molecule has 1 heterocycles. The van der Waals surface area contributed by atoms with Gasteiger partial charge in [-0.3, -0.25) is 0 Å². The SMILES string of the molecule is [N-]=[N+]=Nn1nnccc1=O. The molecule has 0 unspecified atom stereocenters. The summed E-state index contributed by atoms with van der Waals surface area (Å²) < 4.78 is 0. The van der Waals surface area contributed by atoms with Crippen LogP contribution in [0.5, 0.6) is 0 Å². The summed E-state index contributed by atoms with van der Waals surface area (Å²) in [4.78, 5) is 13.5. The average molecular weight is 138 g/mol. The fourth-order valence-corrected chi connectivity index (χ4v) is 0.386. The summed E-state index contributed by atoms with van der Waals surface area (Å²) >= 11 is 0. The van der Waals surface area contributed by atoms with Crippen LogP contribution < -0.4 is 5.56 Å². The molecule has 0 saturated carbocycles. The van der Waals surface area contributed by atoms with E-state index in [0.717, 1.165) is 6.07 Å². The van der Waals surface area contributed by atoms with Crippen molar-refractivity contribution in [2.75, 3.05) is 0 Å². The van der Waals surface area contributed by atoms with Gasteiger partial charge in [0.2, 0.25) is 0 Å². The van der Waals surface area contributed by atoms with Crippen molar-refractivity contribution in [3.63, 3.8) is 0 Å². The fourth-order valence-electron chi connectivity index (χ4n) is 0.386. The summed E-state index contributed by atoms with van der Waals surface area (Å²) in [6.07, 6.45) is 1.21. The number of nitrogens with zero attached hydrogens (tertiary/aromatic N) is 6. The first kappa shape index (κ1) is 6.24. The Balaban J connectivity index is 3.28. The molecule has 0 spiro atoms. The molecule has 0 aliphatic rings. The van der Waals surface area contributed by atoms with Crippen molar-refractivity contribution in [2.45, 2.75) is 0 Å². The van der Waals surface area contributed by atoms with Gasteiger partial charge in [0.05, 0.1) is 12.3 Å². The smallest absolute Gasteiger partial charge is 0.238 e. The largest absolute Gasteiger partial charge is 0.365 e. The third kappa shape index (κ3) is 1.09. The number of azide groups is 1. The lowest BCUT2D eigenvalue weighted by atomic mass is 10.7. The predicted octanol–water partition coefficient (Wildman–Crippen LogP) is -0.288. The summed E-state index contributed by atoms with van der Waals surface area (Å²) in [5, 5.41) is 9.43. The molecule has 7 heteroatoms. The van der Waals surface area contributed by atoms with Crippen molar-refractivity contribution in [3.05, 3.63) is 33.1 Å². The van der Waals surface area contributed by atoms with Gasteiger partial charge in [0, 0.05) is 10.4 Å². The molecule has 0 aliphatic heterocycles. The van der Waals surface area contributed by atoms with E-state index in [1.807, 2.05) is 0 Å². The third-order valence-electron chi connectivity index (χ3n) is 0.742. The lowest BCUT2D eigenvalue weighted by Gasteiger charge is -1.81. The molecule has 0 aromatic carbocycles. The van der Waals surface area contributed by atoms with E-state index in [0.29, 0.717) is 4.79 Å². The van der Waals surface area contributed by atoms with Crippen LogP contribution in [0.2, 0.25) is 0 Å². The van der Waals surface area contributed by atoms with Crippen molar-refractivity contribution < 1.29 is 0 Å². The highest BCUT2D eigenvalue weighted by Crippen LogP contribution is 1.69. The first-order chi connectivity index (χ1) is 4.84. The molecule has 1 aromatic heterocycles. The maximum absolute atomic E-state index is 10.6. The Morgan fingerprint density at radius 2 is 2.60 bits per heavy atom. The first-order valence-electron chi connectivity index (χ1n) is 2.31. The van der Waals surface area contributed by atoms with Crippen molar-refractivity contribution in [2.24, 2.45) is 5.22 Å². The Kier molecular flexibility index (Phi) is 1.63. The number of rotatable bonds is 1. The zero-order valence-corrected chi connectivity index (χ0v) is 4.75. The topological polar surface area (TPSA) is 96.5 Å². The summed E-state index contributed by atoms with van der Waals surface area (Å²) in [7, 11) is 0. The van der Waals surface area contributed by atoms with Crippen LogP contribution in [0.25, 0.3) is 10.4 Å². The zero-order chi connectivity index (χ0) is 7.40. The molecular weight excluding hydrogens is 136 g/mol. The van der Waals surface area contributed by atoms with E-state index in [1.165, 1.54) is 6.20 Å². The molecule has 10 heavy (non-hydrogen) atoms. The number of hydrogen-bond donors (Lipinski definition) is 0. The highest BCUT2D eigenvalue weighted by molar-refractivity contribution is 4.75. The number of hydrogen-bond acceptors (Lipinski definition) is 4. The lowest BCUT2D eigenvalue weighted by molar-refractivity contribution is 0.615. The molecule has 0 saturated heterocycles.